The van der Waals surface area contributed by atoms with Crippen LogP contribution in [0.25, 0.3) is 0 Å². The van der Waals surface area contributed by atoms with Crippen molar-refractivity contribution in [3.05, 3.63) is 53.8 Å². The van der Waals surface area contributed by atoms with Crippen molar-refractivity contribution in [2.24, 2.45) is 5.92 Å². The summed E-state index contributed by atoms with van der Waals surface area (Å²) in [5, 5.41) is 2.96. The van der Waals surface area contributed by atoms with Crippen LogP contribution in [0.1, 0.15) is 31.7 Å². The number of hydrogen-bond acceptors (Lipinski definition) is 5. The number of fused-ring (bicyclic) bond motifs is 1. The van der Waals surface area contributed by atoms with Gasteiger partial charge in [-0.25, -0.2) is 17.5 Å². The highest BCUT2D eigenvalue weighted by molar-refractivity contribution is 8.00. The first kappa shape index (κ1) is 23.2. The predicted octanol–water partition coefficient (Wildman–Crippen LogP) is 3.84. The highest BCUT2D eigenvalue weighted by atomic mass is 32.2. The molecule has 0 aliphatic carbocycles. The zero-order chi connectivity index (χ0) is 22.7. The molecule has 32 heavy (non-hydrogen) atoms. The van der Waals surface area contributed by atoms with Crippen molar-refractivity contribution in [2.75, 3.05) is 25.0 Å². The van der Waals surface area contributed by atoms with Gasteiger partial charge in [0.25, 0.3) is 0 Å². The van der Waals surface area contributed by atoms with Crippen LogP contribution in [0.15, 0.2) is 52.3 Å². The molecule has 4 rings (SSSR count). The quantitative estimate of drug-likeness (QED) is 0.661. The fourth-order valence-electron chi connectivity index (χ4n) is 4.12. The Morgan fingerprint density at radius 2 is 1.94 bits per heavy atom. The van der Waals surface area contributed by atoms with E-state index < -0.39 is 10.0 Å². The third-order valence-electron chi connectivity index (χ3n) is 5.96. The average molecular weight is 478 g/mol. The zero-order valence-electron chi connectivity index (χ0n) is 18.0. The standard InChI is InChI=1S/C23H28FN3O3S2/c1-16-12-23(28)26-21-13-19(6-7-22(21)31-16)32(29,30)25-14-17-8-10-27(11-9-17)15-18-4-2-3-5-20(18)24/h2-7,13,16-17,25H,8-12,14-15H2,1H3,(H,26,28)/t16-/m0/s1. The zero-order valence-corrected chi connectivity index (χ0v) is 19.6. The van der Waals surface area contributed by atoms with Gasteiger partial charge in [0.2, 0.25) is 15.9 Å². The molecule has 0 aromatic heterocycles. The summed E-state index contributed by atoms with van der Waals surface area (Å²) in [7, 11) is -3.68. The summed E-state index contributed by atoms with van der Waals surface area (Å²) in [5.41, 5.74) is 1.24. The number of amides is 1. The van der Waals surface area contributed by atoms with E-state index in [1.807, 2.05) is 13.0 Å². The topological polar surface area (TPSA) is 78.5 Å². The molecule has 172 valence electrons. The van der Waals surface area contributed by atoms with E-state index in [2.05, 4.69) is 14.9 Å². The molecule has 1 amide bonds. The Kier molecular flexibility index (Phi) is 7.19. The summed E-state index contributed by atoms with van der Waals surface area (Å²) >= 11 is 1.57. The minimum Gasteiger partial charge on any atom is -0.325 e. The Labute approximate surface area is 193 Å². The number of hydrogen-bond donors (Lipinski definition) is 2. The molecular weight excluding hydrogens is 449 g/mol. The fourth-order valence-corrected chi connectivity index (χ4v) is 6.32. The molecule has 6 nitrogen and oxygen atoms in total. The van der Waals surface area contributed by atoms with Gasteiger partial charge in [0, 0.05) is 35.2 Å². The molecule has 2 aliphatic rings. The van der Waals surface area contributed by atoms with Gasteiger partial charge in [-0.3, -0.25) is 9.69 Å². The van der Waals surface area contributed by atoms with E-state index in [4.69, 9.17) is 0 Å². The molecule has 2 aromatic carbocycles. The van der Waals surface area contributed by atoms with Crippen LogP contribution in [0.5, 0.6) is 0 Å². The number of nitrogens with one attached hydrogen (secondary N) is 2. The van der Waals surface area contributed by atoms with Crippen molar-refractivity contribution in [2.45, 2.75) is 47.8 Å². The SMILES string of the molecule is C[C@H]1CC(=O)Nc2cc(S(=O)(=O)NCC3CCN(Cc4ccccc4F)CC3)ccc2S1. The summed E-state index contributed by atoms with van der Waals surface area (Å²) in [6, 6.07) is 11.7. The van der Waals surface area contributed by atoms with Crippen molar-refractivity contribution in [1.82, 2.24) is 9.62 Å². The number of carbonyl (C=O) groups is 1. The predicted molar refractivity (Wildman–Crippen MR) is 125 cm³/mol. The Morgan fingerprint density at radius 1 is 1.19 bits per heavy atom. The molecule has 0 saturated carbocycles. The Hall–Kier alpha value is -1.94. The van der Waals surface area contributed by atoms with Crippen LogP contribution < -0.4 is 10.0 Å². The van der Waals surface area contributed by atoms with Crippen molar-refractivity contribution >= 4 is 33.4 Å². The van der Waals surface area contributed by atoms with Crippen LogP contribution in [-0.2, 0) is 21.4 Å². The van der Waals surface area contributed by atoms with E-state index in [9.17, 15) is 17.6 Å². The van der Waals surface area contributed by atoms with Crippen molar-refractivity contribution in [3.8, 4) is 0 Å². The van der Waals surface area contributed by atoms with Crippen LogP contribution in [0.2, 0.25) is 0 Å². The summed E-state index contributed by atoms with van der Waals surface area (Å²) in [6.45, 7) is 4.53. The molecule has 1 atom stereocenters. The van der Waals surface area contributed by atoms with Gasteiger partial charge in [0.1, 0.15) is 5.82 Å². The Bertz CT molecular complexity index is 1090. The van der Waals surface area contributed by atoms with Gasteiger partial charge in [0.05, 0.1) is 10.6 Å². The van der Waals surface area contributed by atoms with Gasteiger partial charge < -0.3 is 5.32 Å². The van der Waals surface area contributed by atoms with Gasteiger partial charge in [-0.1, -0.05) is 25.1 Å². The first-order valence-corrected chi connectivity index (χ1v) is 13.2. The van der Waals surface area contributed by atoms with E-state index in [-0.39, 0.29) is 27.8 Å². The van der Waals surface area contributed by atoms with E-state index in [0.717, 1.165) is 30.8 Å². The molecular formula is C23H28FN3O3S2. The number of sulfonamides is 1. The van der Waals surface area contributed by atoms with Crippen LogP contribution in [0.4, 0.5) is 10.1 Å². The lowest BCUT2D eigenvalue weighted by atomic mass is 9.97. The van der Waals surface area contributed by atoms with E-state index in [1.165, 1.54) is 12.1 Å². The lowest BCUT2D eigenvalue weighted by Crippen LogP contribution is -2.38. The largest absolute Gasteiger partial charge is 0.325 e. The highest BCUT2D eigenvalue weighted by Crippen LogP contribution is 2.36. The lowest BCUT2D eigenvalue weighted by Gasteiger charge is -2.32. The number of halogens is 1. The number of nitrogens with zero attached hydrogens (tertiary/aromatic N) is 1. The average Bonchev–Trinajstić information content (AvgIpc) is 2.90. The minimum atomic E-state index is -3.68. The second-order valence-corrected chi connectivity index (χ2v) is 11.7. The highest BCUT2D eigenvalue weighted by Gasteiger charge is 2.25. The normalized spacial score (nSPS) is 20.4. The third kappa shape index (κ3) is 5.70. The molecule has 2 aromatic rings. The van der Waals surface area contributed by atoms with E-state index in [1.54, 1.807) is 36.0 Å². The molecule has 1 fully saturated rings. The van der Waals surface area contributed by atoms with Gasteiger partial charge in [0.15, 0.2) is 0 Å². The summed E-state index contributed by atoms with van der Waals surface area (Å²) < 4.78 is 42.3. The second-order valence-electron chi connectivity index (χ2n) is 8.50. The van der Waals surface area contributed by atoms with Gasteiger partial charge in [-0.15, -0.1) is 11.8 Å². The molecule has 0 radical (unpaired) electrons. The number of thioether (sulfide) groups is 1. The molecule has 2 N–H and O–H groups in total. The number of rotatable bonds is 6. The number of anilines is 1. The number of likely N-dealkylation sites (tertiary alicyclic amines) is 1. The Balaban J connectivity index is 1.32. The van der Waals surface area contributed by atoms with Crippen LogP contribution in [-0.4, -0.2) is 44.1 Å². The third-order valence-corrected chi connectivity index (χ3v) is 8.56. The van der Waals surface area contributed by atoms with Crippen LogP contribution >= 0.6 is 11.8 Å². The molecule has 0 bridgehead atoms. The molecule has 2 aliphatic heterocycles. The number of benzene rings is 2. The monoisotopic (exact) mass is 477 g/mol. The first-order valence-electron chi connectivity index (χ1n) is 10.9. The first-order chi connectivity index (χ1) is 15.3. The van der Waals surface area contributed by atoms with Crippen LogP contribution in [0, 0.1) is 11.7 Å². The molecule has 2 heterocycles. The lowest BCUT2D eigenvalue weighted by molar-refractivity contribution is -0.116. The maximum absolute atomic E-state index is 13.9. The van der Waals surface area contributed by atoms with Crippen molar-refractivity contribution in [1.29, 1.82) is 0 Å². The molecule has 0 spiro atoms. The van der Waals surface area contributed by atoms with E-state index in [0.29, 0.717) is 30.8 Å². The maximum Gasteiger partial charge on any atom is 0.240 e. The summed E-state index contributed by atoms with van der Waals surface area (Å²) in [4.78, 5) is 15.2. The maximum atomic E-state index is 13.9. The second kappa shape index (κ2) is 9.91. The number of carbonyl (C=O) groups excluding carboxylic acids is 1. The van der Waals surface area contributed by atoms with Crippen LogP contribution in [0.3, 0.4) is 0 Å². The minimum absolute atomic E-state index is 0.103. The van der Waals surface area contributed by atoms with Crippen molar-refractivity contribution < 1.29 is 17.6 Å². The smallest absolute Gasteiger partial charge is 0.240 e. The van der Waals surface area contributed by atoms with E-state index >= 15 is 0 Å². The molecule has 1 saturated heterocycles. The fraction of sp³-hybridized carbons (Fsp3) is 0.435. The summed E-state index contributed by atoms with van der Waals surface area (Å²) in [5.74, 6) is -0.0563. The summed E-state index contributed by atoms with van der Waals surface area (Å²) in [6.07, 6.45) is 2.10. The van der Waals surface area contributed by atoms with Gasteiger partial charge >= 0.3 is 0 Å². The molecule has 0 unspecified atom stereocenters. The van der Waals surface area contributed by atoms with Gasteiger partial charge in [-0.05, 0) is 56.1 Å². The molecule has 9 heteroatoms. The van der Waals surface area contributed by atoms with Gasteiger partial charge in [-0.2, -0.15) is 0 Å². The Morgan fingerprint density at radius 3 is 2.69 bits per heavy atom. The van der Waals surface area contributed by atoms with Crippen molar-refractivity contribution in [3.63, 3.8) is 0 Å². The number of piperidine rings is 1.